The van der Waals surface area contributed by atoms with Crippen LogP contribution in [0.15, 0.2) is 25.6 Å². The van der Waals surface area contributed by atoms with E-state index in [0.29, 0.717) is 8.91 Å². The third-order valence-electron chi connectivity index (χ3n) is 3.30. The summed E-state index contributed by atoms with van der Waals surface area (Å²) >= 11 is 2.82. The van der Waals surface area contributed by atoms with Crippen molar-refractivity contribution in [3.8, 4) is 11.5 Å². The fraction of sp³-hybridized carbons (Fsp3) is 0.450. The van der Waals surface area contributed by atoms with Gasteiger partial charge in [0.05, 0.1) is 0 Å². The Labute approximate surface area is 195 Å². The Balaban J connectivity index is 2.60. The summed E-state index contributed by atoms with van der Waals surface area (Å²) < 4.78 is 33.6. The number of halogens is 1. The molecule has 1 aromatic carbocycles. The molecule has 0 fully saturated rings. The van der Waals surface area contributed by atoms with E-state index in [4.69, 9.17) is 18.9 Å². The topological polar surface area (TPSA) is 111 Å². The number of ether oxygens (including phenoxy) is 4. The van der Waals surface area contributed by atoms with Gasteiger partial charge in [-0.05, 0) is 74.7 Å². The van der Waals surface area contributed by atoms with Gasteiger partial charge in [-0.15, -0.1) is 0 Å². The molecule has 0 radical (unpaired) electrons. The number of fused-ring (bicyclic) bond motifs is 1. The number of benzene rings is 1. The number of hydrogen-bond acceptors (Lipinski definition) is 9. The van der Waals surface area contributed by atoms with Gasteiger partial charge in [-0.3, -0.25) is 4.79 Å². The fourth-order valence-electron chi connectivity index (χ4n) is 2.22. The molecular formula is C20H23BrO8S2. The second-order valence-electron chi connectivity index (χ2n) is 8.41. The van der Waals surface area contributed by atoms with Gasteiger partial charge < -0.3 is 23.5 Å². The summed E-state index contributed by atoms with van der Waals surface area (Å²) in [4.78, 5) is 37.1. The van der Waals surface area contributed by atoms with Gasteiger partial charge in [0.2, 0.25) is 9.64 Å². The van der Waals surface area contributed by atoms with Gasteiger partial charge in [0.25, 0.3) is 0 Å². The monoisotopic (exact) mass is 534 g/mol. The van der Waals surface area contributed by atoms with Gasteiger partial charge in [0.1, 0.15) is 21.9 Å². The average molecular weight is 535 g/mol. The Morgan fingerprint density at radius 3 is 1.84 bits per heavy atom. The van der Waals surface area contributed by atoms with Crippen LogP contribution in [0.2, 0.25) is 0 Å². The summed E-state index contributed by atoms with van der Waals surface area (Å²) in [5.74, 6) is -0.354. The van der Waals surface area contributed by atoms with E-state index >= 15 is 0 Å². The fourth-order valence-corrected chi connectivity index (χ4v) is 5.26. The molecule has 1 aromatic heterocycles. The molecular weight excluding hydrogens is 512 g/mol. The molecule has 0 aliphatic rings. The predicted molar refractivity (Wildman–Crippen MR) is 122 cm³/mol. The highest BCUT2D eigenvalue weighted by atomic mass is 79.9. The molecule has 0 aliphatic heterocycles. The van der Waals surface area contributed by atoms with Gasteiger partial charge in [0.15, 0.2) is 11.5 Å². The van der Waals surface area contributed by atoms with Crippen LogP contribution in [-0.2, 0) is 20.6 Å². The molecule has 0 N–H and O–H groups in total. The highest BCUT2D eigenvalue weighted by molar-refractivity contribution is 9.10. The lowest BCUT2D eigenvalue weighted by molar-refractivity contribution is 0.0138. The Kier molecular flexibility index (Phi) is 7.68. The van der Waals surface area contributed by atoms with Crippen molar-refractivity contribution in [2.24, 2.45) is 0 Å². The van der Waals surface area contributed by atoms with Gasteiger partial charge >= 0.3 is 12.3 Å². The Hall–Kier alpha value is -1.82. The van der Waals surface area contributed by atoms with Gasteiger partial charge in [-0.2, -0.15) is 0 Å². The number of carbonyl (C=O) groups is 2. The van der Waals surface area contributed by atoms with E-state index in [0.717, 1.165) is 11.3 Å². The van der Waals surface area contributed by atoms with Crippen LogP contribution >= 0.6 is 27.3 Å². The third-order valence-corrected chi connectivity index (χ3v) is 7.21. The van der Waals surface area contributed by atoms with Crippen molar-refractivity contribution < 1.29 is 33.1 Å². The smallest absolute Gasteiger partial charge is 0.514 e. The number of carbonyl (C=O) groups excluding carboxylic acids is 2. The summed E-state index contributed by atoms with van der Waals surface area (Å²) in [6, 6.07) is 2.62. The molecule has 0 aliphatic carbocycles. The zero-order valence-electron chi connectivity index (χ0n) is 18.1. The Morgan fingerprint density at radius 1 is 0.968 bits per heavy atom. The first-order valence-electron chi connectivity index (χ1n) is 9.03. The average Bonchev–Trinajstić information content (AvgIpc) is 2.55. The first-order chi connectivity index (χ1) is 14.1. The molecule has 31 heavy (non-hydrogen) atoms. The van der Waals surface area contributed by atoms with E-state index in [9.17, 15) is 18.9 Å². The minimum atomic E-state index is -1.43. The second kappa shape index (κ2) is 9.35. The molecule has 0 amide bonds. The number of hydrogen-bond donors (Lipinski definition) is 0. The molecule has 2 rings (SSSR count). The lowest BCUT2D eigenvalue weighted by atomic mass is 10.2. The summed E-state index contributed by atoms with van der Waals surface area (Å²) in [5.41, 5.74) is -2.09. The van der Waals surface area contributed by atoms with Crippen LogP contribution in [-0.4, -0.2) is 34.3 Å². The summed E-state index contributed by atoms with van der Waals surface area (Å²) in [6.45, 7) is 9.98. The quantitative estimate of drug-likeness (QED) is 0.292. The van der Waals surface area contributed by atoms with Crippen molar-refractivity contribution >= 4 is 60.8 Å². The normalized spacial score (nSPS) is 12.9. The van der Waals surface area contributed by atoms with Crippen LogP contribution in [0.5, 0.6) is 11.5 Å². The summed E-state index contributed by atoms with van der Waals surface area (Å²) in [7, 11) is 0. The van der Waals surface area contributed by atoms with E-state index in [1.807, 2.05) is 0 Å². The third kappa shape index (κ3) is 7.09. The van der Waals surface area contributed by atoms with Crippen LogP contribution in [0.1, 0.15) is 41.5 Å². The molecule has 0 spiro atoms. The molecule has 1 heterocycles. The van der Waals surface area contributed by atoms with Crippen molar-refractivity contribution in [3.05, 3.63) is 26.8 Å². The Bertz CT molecular complexity index is 1060. The minimum Gasteiger partial charge on any atom is -0.611 e. The maximum absolute atomic E-state index is 12.8. The summed E-state index contributed by atoms with van der Waals surface area (Å²) in [6.07, 6.45) is -0.619. The van der Waals surface area contributed by atoms with Gasteiger partial charge in [0, 0.05) is 16.2 Å². The van der Waals surface area contributed by atoms with E-state index in [2.05, 4.69) is 15.9 Å². The zero-order chi connectivity index (χ0) is 23.7. The Morgan fingerprint density at radius 2 is 1.42 bits per heavy atom. The van der Waals surface area contributed by atoms with Crippen molar-refractivity contribution in [1.29, 1.82) is 0 Å². The van der Waals surface area contributed by atoms with Crippen molar-refractivity contribution in [2.75, 3.05) is 6.26 Å². The largest absolute Gasteiger partial charge is 0.611 e. The first-order valence-corrected chi connectivity index (χ1v) is 12.2. The van der Waals surface area contributed by atoms with Crippen LogP contribution in [0.3, 0.4) is 0 Å². The lowest BCUT2D eigenvalue weighted by Crippen LogP contribution is -2.27. The van der Waals surface area contributed by atoms with Crippen molar-refractivity contribution in [3.63, 3.8) is 0 Å². The lowest BCUT2D eigenvalue weighted by Gasteiger charge is -2.21. The molecule has 0 saturated carbocycles. The predicted octanol–water partition coefficient (Wildman–Crippen LogP) is 5.39. The van der Waals surface area contributed by atoms with E-state index in [1.54, 1.807) is 41.5 Å². The minimum absolute atomic E-state index is 0.148. The summed E-state index contributed by atoms with van der Waals surface area (Å²) in [5, 5.41) is 0.182. The zero-order valence-corrected chi connectivity index (χ0v) is 21.3. The van der Waals surface area contributed by atoms with Crippen molar-refractivity contribution in [1.82, 2.24) is 0 Å². The molecule has 0 saturated heterocycles. The van der Waals surface area contributed by atoms with E-state index in [-0.39, 0.29) is 21.4 Å². The van der Waals surface area contributed by atoms with Crippen molar-refractivity contribution in [2.45, 2.75) is 57.0 Å². The molecule has 1 atom stereocenters. The van der Waals surface area contributed by atoms with E-state index in [1.165, 1.54) is 18.4 Å². The molecule has 8 nitrogen and oxygen atoms in total. The van der Waals surface area contributed by atoms with Crippen LogP contribution < -0.4 is 14.9 Å². The van der Waals surface area contributed by atoms with E-state index < -0.39 is 40.1 Å². The molecule has 1 unspecified atom stereocenters. The van der Waals surface area contributed by atoms with Gasteiger partial charge in [-0.25, -0.2) is 9.59 Å². The van der Waals surface area contributed by atoms with Crippen LogP contribution in [0, 0.1) is 0 Å². The molecule has 170 valence electrons. The maximum atomic E-state index is 12.8. The van der Waals surface area contributed by atoms with Crippen LogP contribution in [0.25, 0.3) is 10.1 Å². The SMILES string of the molecule is C[S+]([O-])c1sc2cc(OC(=O)OC(C)(C)C)c(OC(=O)OC(C)(C)C)cc2c(=O)c1Br. The standard InChI is InChI=1S/C20H23BrO8S2/c1-19(2,3)28-17(23)26-11-8-10-13(30-16(31(7)25)14(21)15(10)22)9-12(11)27-18(24)29-20(4,5)6/h8-9H,1-7H3. The van der Waals surface area contributed by atoms with Crippen LogP contribution in [0.4, 0.5) is 9.59 Å². The highest BCUT2D eigenvalue weighted by Crippen LogP contribution is 2.37. The highest BCUT2D eigenvalue weighted by Gasteiger charge is 2.26. The first kappa shape index (κ1) is 25.4. The molecule has 11 heteroatoms. The molecule has 2 aromatic rings. The number of rotatable bonds is 3. The van der Waals surface area contributed by atoms with Gasteiger partial charge in [-0.1, -0.05) is 11.3 Å². The second-order valence-corrected chi connectivity index (χ2v) is 11.8. The molecule has 0 bridgehead atoms. The maximum Gasteiger partial charge on any atom is 0.514 e.